The molecule has 0 aliphatic carbocycles. The van der Waals surface area contributed by atoms with E-state index >= 15 is 0 Å². The molecule has 0 saturated carbocycles. The Balaban J connectivity index is 1.45. The molecular formula is C27H27FN4O2. The Kier molecular flexibility index (Phi) is 7.32. The van der Waals surface area contributed by atoms with Crippen LogP contribution in [-0.4, -0.2) is 23.0 Å². The van der Waals surface area contributed by atoms with E-state index in [2.05, 4.69) is 20.6 Å². The first-order valence-electron chi connectivity index (χ1n) is 11.2. The van der Waals surface area contributed by atoms with Crippen molar-refractivity contribution in [3.63, 3.8) is 0 Å². The molecule has 34 heavy (non-hydrogen) atoms. The molecule has 0 unspecified atom stereocenters. The van der Waals surface area contributed by atoms with Crippen LogP contribution in [-0.2, 0) is 24.3 Å². The van der Waals surface area contributed by atoms with Gasteiger partial charge in [0.15, 0.2) is 5.82 Å². The van der Waals surface area contributed by atoms with Gasteiger partial charge in [0.05, 0.1) is 19.2 Å². The lowest BCUT2D eigenvalue weighted by molar-refractivity contribution is -0.121. The minimum Gasteiger partial charge on any atom is -0.497 e. The van der Waals surface area contributed by atoms with Crippen LogP contribution < -0.4 is 15.4 Å². The van der Waals surface area contributed by atoms with Gasteiger partial charge in [-0.15, -0.1) is 0 Å². The monoisotopic (exact) mass is 458 g/mol. The molecule has 0 saturated heterocycles. The summed E-state index contributed by atoms with van der Waals surface area (Å²) in [6, 6.07) is 20.2. The summed E-state index contributed by atoms with van der Waals surface area (Å²) < 4.78 is 19.3. The minimum atomic E-state index is -0.270. The molecule has 6 nitrogen and oxygen atoms in total. The molecule has 4 aromatic rings. The first-order chi connectivity index (χ1) is 16.5. The van der Waals surface area contributed by atoms with Gasteiger partial charge in [-0.25, -0.2) is 14.4 Å². The molecule has 0 aliphatic rings. The van der Waals surface area contributed by atoms with E-state index in [1.807, 2.05) is 49.4 Å². The quantitative estimate of drug-likeness (QED) is 0.371. The van der Waals surface area contributed by atoms with Crippen LogP contribution >= 0.6 is 0 Å². The molecular weight excluding hydrogens is 431 g/mol. The summed E-state index contributed by atoms with van der Waals surface area (Å²) in [5.41, 5.74) is 3.38. The lowest BCUT2D eigenvalue weighted by Crippen LogP contribution is -2.24. The summed E-state index contributed by atoms with van der Waals surface area (Å²) in [4.78, 5) is 21.7. The van der Waals surface area contributed by atoms with E-state index in [0.29, 0.717) is 36.6 Å². The summed E-state index contributed by atoms with van der Waals surface area (Å²) in [6.07, 6.45) is 0.953. The normalized spacial score (nSPS) is 10.8. The lowest BCUT2D eigenvalue weighted by atomic mass is 10.1. The van der Waals surface area contributed by atoms with E-state index in [4.69, 9.17) is 4.74 Å². The number of nitrogens with zero attached hydrogens (tertiary/aromatic N) is 2. The first-order valence-corrected chi connectivity index (χ1v) is 11.2. The number of amides is 1. The van der Waals surface area contributed by atoms with Crippen LogP contribution in [0.1, 0.15) is 28.9 Å². The van der Waals surface area contributed by atoms with Gasteiger partial charge in [-0.3, -0.25) is 4.79 Å². The average molecular weight is 459 g/mol. The molecule has 7 heteroatoms. The Morgan fingerprint density at radius 2 is 1.82 bits per heavy atom. The lowest BCUT2D eigenvalue weighted by Gasteiger charge is -2.13. The van der Waals surface area contributed by atoms with E-state index in [1.54, 1.807) is 25.3 Å². The molecule has 0 atom stereocenters. The highest BCUT2D eigenvalue weighted by Crippen LogP contribution is 2.24. The van der Waals surface area contributed by atoms with Crippen molar-refractivity contribution >= 4 is 22.6 Å². The SMILES string of the molecule is COc1cccc(CCC(=O)NCc2nc(NCc3ccccc3F)c3cccc(C)c3n2)c1. The number of para-hydroxylation sites is 1. The van der Waals surface area contributed by atoms with Crippen molar-refractivity contribution in [3.8, 4) is 5.75 Å². The maximum atomic E-state index is 14.1. The van der Waals surface area contributed by atoms with E-state index in [-0.39, 0.29) is 18.3 Å². The van der Waals surface area contributed by atoms with Gasteiger partial charge < -0.3 is 15.4 Å². The number of nitrogens with one attached hydrogen (secondary N) is 2. The molecule has 0 bridgehead atoms. The number of ether oxygens (including phenoxy) is 1. The fraction of sp³-hybridized carbons (Fsp3) is 0.222. The van der Waals surface area contributed by atoms with Crippen LogP contribution in [0.2, 0.25) is 0 Å². The van der Waals surface area contributed by atoms with E-state index in [9.17, 15) is 9.18 Å². The zero-order valence-electron chi connectivity index (χ0n) is 19.3. The standard InChI is InChI=1S/C27H27FN4O2/c1-18-7-5-11-22-26(18)31-24(32-27(22)30-16-20-9-3-4-12-23(20)28)17-29-25(33)14-13-19-8-6-10-21(15-19)34-2/h3-12,15H,13-14,16-17H2,1-2H3,(H,29,33)(H,30,31,32). The van der Waals surface area contributed by atoms with Crippen LogP contribution in [0.5, 0.6) is 5.75 Å². The largest absolute Gasteiger partial charge is 0.497 e. The second-order valence-corrected chi connectivity index (χ2v) is 8.03. The summed E-state index contributed by atoms with van der Waals surface area (Å²) in [7, 11) is 1.62. The Morgan fingerprint density at radius 3 is 2.65 bits per heavy atom. The highest BCUT2D eigenvalue weighted by Gasteiger charge is 2.12. The number of halogens is 1. The number of aromatic nitrogens is 2. The molecule has 174 valence electrons. The minimum absolute atomic E-state index is 0.0860. The molecule has 0 aliphatic heterocycles. The predicted molar refractivity (Wildman–Crippen MR) is 131 cm³/mol. The summed E-state index contributed by atoms with van der Waals surface area (Å²) in [6.45, 7) is 2.47. The van der Waals surface area contributed by atoms with Crippen LogP contribution in [0.4, 0.5) is 10.2 Å². The van der Waals surface area contributed by atoms with Crippen LogP contribution in [0.3, 0.4) is 0 Å². The van der Waals surface area contributed by atoms with Crippen molar-refractivity contribution < 1.29 is 13.9 Å². The van der Waals surface area contributed by atoms with E-state index in [0.717, 1.165) is 27.8 Å². The van der Waals surface area contributed by atoms with Gasteiger partial charge in [-0.05, 0) is 48.7 Å². The Labute approximate surface area is 198 Å². The number of hydrogen-bond acceptors (Lipinski definition) is 5. The van der Waals surface area contributed by atoms with E-state index in [1.165, 1.54) is 6.07 Å². The second-order valence-electron chi connectivity index (χ2n) is 8.03. The van der Waals surface area contributed by atoms with Crippen molar-refractivity contribution in [3.05, 3.63) is 95.1 Å². The fourth-order valence-electron chi connectivity index (χ4n) is 3.73. The number of methoxy groups -OCH3 is 1. The highest BCUT2D eigenvalue weighted by molar-refractivity contribution is 5.91. The summed E-state index contributed by atoms with van der Waals surface area (Å²) >= 11 is 0. The van der Waals surface area contributed by atoms with E-state index < -0.39 is 0 Å². The van der Waals surface area contributed by atoms with Gasteiger partial charge in [0, 0.05) is 23.9 Å². The molecule has 1 heterocycles. The topological polar surface area (TPSA) is 76.1 Å². The molecule has 0 radical (unpaired) electrons. The van der Waals surface area contributed by atoms with Gasteiger partial charge in [0.2, 0.25) is 5.91 Å². The molecule has 2 N–H and O–H groups in total. The third-order valence-electron chi connectivity index (χ3n) is 5.60. The van der Waals surface area contributed by atoms with Gasteiger partial charge >= 0.3 is 0 Å². The Bertz CT molecular complexity index is 1310. The third-order valence-corrected chi connectivity index (χ3v) is 5.60. The predicted octanol–water partition coefficient (Wildman–Crippen LogP) is 4.95. The van der Waals surface area contributed by atoms with Crippen molar-refractivity contribution in [2.75, 3.05) is 12.4 Å². The molecule has 4 rings (SSSR count). The van der Waals surface area contributed by atoms with Crippen LogP contribution in [0, 0.1) is 12.7 Å². The van der Waals surface area contributed by atoms with Crippen molar-refractivity contribution in [1.82, 2.24) is 15.3 Å². The summed E-state index contributed by atoms with van der Waals surface area (Å²) in [5, 5.41) is 7.00. The number of fused-ring (bicyclic) bond motifs is 1. The van der Waals surface area contributed by atoms with Gasteiger partial charge in [-0.1, -0.05) is 42.5 Å². The Hall–Kier alpha value is -4.00. The van der Waals surface area contributed by atoms with Gasteiger partial charge in [-0.2, -0.15) is 0 Å². The number of anilines is 1. The maximum Gasteiger partial charge on any atom is 0.220 e. The van der Waals surface area contributed by atoms with Crippen molar-refractivity contribution in [1.29, 1.82) is 0 Å². The zero-order chi connectivity index (χ0) is 23.9. The highest BCUT2D eigenvalue weighted by atomic mass is 19.1. The number of aryl methyl sites for hydroxylation is 2. The smallest absolute Gasteiger partial charge is 0.220 e. The van der Waals surface area contributed by atoms with Gasteiger partial charge in [0.25, 0.3) is 0 Å². The number of rotatable bonds is 9. The molecule has 0 fully saturated rings. The number of carbonyl (C=O) groups is 1. The Morgan fingerprint density at radius 1 is 1.00 bits per heavy atom. The van der Waals surface area contributed by atoms with Crippen molar-refractivity contribution in [2.24, 2.45) is 0 Å². The fourth-order valence-corrected chi connectivity index (χ4v) is 3.73. The number of benzene rings is 3. The van der Waals surface area contributed by atoms with Crippen molar-refractivity contribution in [2.45, 2.75) is 32.9 Å². The maximum absolute atomic E-state index is 14.1. The molecule has 0 spiro atoms. The number of carbonyl (C=O) groups excluding carboxylic acids is 1. The van der Waals surface area contributed by atoms with Crippen LogP contribution in [0.15, 0.2) is 66.7 Å². The third kappa shape index (κ3) is 5.67. The zero-order valence-corrected chi connectivity index (χ0v) is 19.3. The van der Waals surface area contributed by atoms with Crippen LogP contribution in [0.25, 0.3) is 10.9 Å². The first kappa shape index (κ1) is 23.2. The molecule has 3 aromatic carbocycles. The molecule has 1 aromatic heterocycles. The summed E-state index contributed by atoms with van der Waals surface area (Å²) in [5.74, 6) is 1.52. The van der Waals surface area contributed by atoms with Gasteiger partial charge in [0.1, 0.15) is 17.4 Å². The average Bonchev–Trinajstić information content (AvgIpc) is 2.86. The molecule has 1 amide bonds. The number of hydrogen-bond donors (Lipinski definition) is 2. The second kappa shape index (κ2) is 10.7.